The van der Waals surface area contributed by atoms with Crippen LogP contribution in [0.4, 0.5) is 0 Å². The first-order valence-electron chi connectivity index (χ1n) is 9.16. The SMILES string of the molecule is C[C@H]1[C@@H](NC(=O)CSc2n[nH]c(=O)n2Cc2ccccc2)CCC[C@@H]1C. The molecule has 1 aromatic heterocycles. The molecular formula is C19H26N4O2S. The van der Waals surface area contributed by atoms with Gasteiger partial charge in [-0.15, -0.1) is 5.10 Å². The van der Waals surface area contributed by atoms with Crippen LogP contribution < -0.4 is 11.0 Å². The van der Waals surface area contributed by atoms with Crippen molar-refractivity contribution in [2.24, 2.45) is 11.8 Å². The number of aromatic nitrogens is 3. The van der Waals surface area contributed by atoms with Crippen molar-refractivity contribution in [3.63, 3.8) is 0 Å². The molecule has 0 saturated heterocycles. The third kappa shape index (κ3) is 4.58. The Balaban J connectivity index is 1.58. The summed E-state index contributed by atoms with van der Waals surface area (Å²) in [5.74, 6) is 1.41. The molecule has 7 heteroatoms. The minimum Gasteiger partial charge on any atom is -0.352 e. The number of benzene rings is 1. The summed E-state index contributed by atoms with van der Waals surface area (Å²) in [7, 11) is 0. The van der Waals surface area contributed by atoms with Gasteiger partial charge < -0.3 is 5.32 Å². The number of carbonyl (C=O) groups excluding carboxylic acids is 1. The summed E-state index contributed by atoms with van der Waals surface area (Å²) in [5.41, 5.74) is 0.763. The van der Waals surface area contributed by atoms with E-state index < -0.39 is 0 Å². The Morgan fingerprint density at radius 2 is 2.08 bits per heavy atom. The second-order valence-electron chi connectivity index (χ2n) is 7.11. The highest BCUT2D eigenvalue weighted by Gasteiger charge is 2.28. The van der Waals surface area contributed by atoms with Gasteiger partial charge in [0.2, 0.25) is 5.91 Å². The predicted octanol–water partition coefficient (Wildman–Crippen LogP) is 2.65. The molecule has 2 N–H and O–H groups in total. The number of H-pyrrole nitrogens is 1. The fourth-order valence-electron chi connectivity index (χ4n) is 3.48. The van der Waals surface area contributed by atoms with Crippen molar-refractivity contribution in [2.75, 3.05) is 5.75 Å². The first-order chi connectivity index (χ1) is 12.5. The average Bonchev–Trinajstić information content (AvgIpc) is 2.98. The predicted molar refractivity (Wildman–Crippen MR) is 103 cm³/mol. The summed E-state index contributed by atoms with van der Waals surface area (Å²) in [4.78, 5) is 24.4. The van der Waals surface area contributed by atoms with Crippen molar-refractivity contribution in [1.82, 2.24) is 20.1 Å². The van der Waals surface area contributed by atoms with Crippen LogP contribution in [0.15, 0.2) is 40.3 Å². The number of hydrogen-bond donors (Lipinski definition) is 2. The zero-order chi connectivity index (χ0) is 18.5. The number of nitrogens with zero attached hydrogens (tertiary/aromatic N) is 2. The molecular weight excluding hydrogens is 348 g/mol. The van der Waals surface area contributed by atoms with Gasteiger partial charge in [-0.05, 0) is 23.8 Å². The fraction of sp³-hybridized carbons (Fsp3) is 0.526. The van der Waals surface area contributed by atoms with Crippen molar-refractivity contribution in [2.45, 2.75) is 50.9 Å². The zero-order valence-electron chi connectivity index (χ0n) is 15.3. The minimum absolute atomic E-state index is 0.00246. The fourth-order valence-corrected chi connectivity index (χ4v) is 4.24. The maximum atomic E-state index is 12.4. The maximum Gasteiger partial charge on any atom is 0.344 e. The molecule has 2 aromatic rings. The van der Waals surface area contributed by atoms with E-state index in [1.165, 1.54) is 24.6 Å². The van der Waals surface area contributed by atoms with E-state index in [2.05, 4.69) is 29.4 Å². The molecule has 6 nitrogen and oxygen atoms in total. The van der Waals surface area contributed by atoms with E-state index in [9.17, 15) is 9.59 Å². The molecule has 1 fully saturated rings. The lowest BCUT2D eigenvalue weighted by Gasteiger charge is -2.34. The number of rotatable bonds is 6. The van der Waals surface area contributed by atoms with Crippen molar-refractivity contribution in [3.05, 3.63) is 46.4 Å². The zero-order valence-corrected chi connectivity index (χ0v) is 16.1. The Bertz CT molecular complexity index is 786. The van der Waals surface area contributed by atoms with Gasteiger partial charge in [0, 0.05) is 6.04 Å². The van der Waals surface area contributed by atoms with Crippen LogP contribution in [0, 0.1) is 11.8 Å². The molecule has 1 aliphatic carbocycles. The molecule has 1 aliphatic rings. The molecule has 0 bridgehead atoms. The highest BCUT2D eigenvalue weighted by atomic mass is 32.2. The number of amides is 1. The number of carbonyl (C=O) groups is 1. The van der Waals surface area contributed by atoms with E-state index in [0.717, 1.165) is 12.0 Å². The van der Waals surface area contributed by atoms with E-state index in [-0.39, 0.29) is 23.4 Å². The molecule has 0 spiro atoms. The van der Waals surface area contributed by atoms with E-state index in [1.807, 2.05) is 30.3 Å². The van der Waals surface area contributed by atoms with Crippen LogP contribution in [0.1, 0.15) is 38.7 Å². The summed E-state index contributed by atoms with van der Waals surface area (Å²) < 4.78 is 1.57. The summed E-state index contributed by atoms with van der Waals surface area (Å²) in [6.45, 7) is 4.91. The van der Waals surface area contributed by atoms with Gasteiger partial charge in [0.15, 0.2) is 5.16 Å². The van der Waals surface area contributed by atoms with Gasteiger partial charge in [-0.1, -0.05) is 68.8 Å². The van der Waals surface area contributed by atoms with Crippen LogP contribution in [0.25, 0.3) is 0 Å². The molecule has 0 radical (unpaired) electrons. The number of aromatic amines is 1. The standard InChI is InChI=1S/C19H26N4O2S/c1-13-7-6-10-16(14(13)2)20-17(24)12-26-19-22-21-18(25)23(19)11-15-8-4-3-5-9-15/h3-5,8-9,13-14,16H,6-7,10-12H2,1-2H3,(H,20,24)(H,21,25)/t13-,14+,16-/m0/s1. The summed E-state index contributed by atoms with van der Waals surface area (Å²) in [6, 6.07) is 9.99. The smallest absolute Gasteiger partial charge is 0.344 e. The van der Waals surface area contributed by atoms with E-state index in [0.29, 0.717) is 23.5 Å². The lowest BCUT2D eigenvalue weighted by molar-refractivity contribution is -0.120. The van der Waals surface area contributed by atoms with Gasteiger partial charge >= 0.3 is 5.69 Å². The van der Waals surface area contributed by atoms with Gasteiger partial charge in [-0.2, -0.15) is 0 Å². The average molecular weight is 375 g/mol. The highest BCUT2D eigenvalue weighted by Crippen LogP contribution is 2.29. The molecule has 26 heavy (non-hydrogen) atoms. The monoisotopic (exact) mass is 374 g/mol. The molecule has 0 unspecified atom stereocenters. The van der Waals surface area contributed by atoms with Crippen LogP contribution in [-0.2, 0) is 11.3 Å². The summed E-state index contributed by atoms with van der Waals surface area (Å²) in [5, 5.41) is 10.2. The third-order valence-corrected chi connectivity index (χ3v) is 6.27. The maximum absolute atomic E-state index is 12.4. The normalized spacial score (nSPS) is 22.9. The van der Waals surface area contributed by atoms with Crippen LogP contribution in [-0.4, -0.2) is 32.5 Å². The number of hydrogen-bond acceptors (Lipinski definition) is 4. The van der Waals surface area contributed by atoms with E-state index in [1.54, 1.807) is 4.57 Å². The summed E-state index contributed by atoms with van der Waals surface area (Å²) >= 11 is 1.29. The Hall–Kier alpha value is -2.02. The largest absolute Gasteiger partial charge is 0.352 e. The molecule has 1 heterocycles. The number of thioether (sulfide) groups is 1. The lowest BCUT2D eigenvalue weighted by Crippen LogP contribution is -2.44. The Morgan fingerprint density at radius 3 is 2.85 bits per heavy atom. The molecule has 140 valence electrons. The van der Waals surface area contributed by atoms with Gasteiger partial charge in [0.1, 0.15) is 0 Å². The Morgan fingerprint density at radius 1 is 1.31 bits per heavy atom. The second kappa shape index (κ2) is 8.58. The van der Waals surface area contributed by atoms with Gasteiger partial charge in [0.05, 0.1) is 12.3 Å². The van der Waals surface area contributed by atoms with Crippen LogP contribution in [0.5, 0.6) is 0 Å². The molecule has 3 rings (SSSR count). The second-order valence-corrected chi connectivity index (χ2v) is 8.06. The first kappa shape index (κ1) is 18.8. The first-order valence-corrected chi connectivity index (χ1v) is 10.1. The van der Waals surface area contributed by atoms with Gasteiger partial charge in [-0.3, -0.25) is 9.36 Å². The quantitative estimate of drug-likeness (QED) is 0.762. The highest BCUT2D eigenvalue weighted by molar-refractivity contribution is 7.99. The van der Waals surface area contributed by atoms with Crippen LogP contribution >= 0.6 is 11.8 Å². The van der Waals surface area contributed by atoms with Crippen molar-refractivity contribution in [1.29, 1.82) is 0 Å². The van der Waals surface area contributed by atoms with Crippen LogP contribution in [0.3, 0.4) is 0 Å². The number of nitrogens with one attached hydrogen (secondary N) is 2. The molecule has 0 aliphatic heterocycles. The summed E-state index contributed by atoms with van der Waals surface area (Å²) in [6.07, 6.45) is 3.45. The van der Waals surface area contributed by atoms with E-state index in [4.69, 9.17) is 0 Å². The Kier molecular flexibility index (Phi) is 6.19. The molecule has 1 aromatic carbocycles. The molecule has 1 saturated carbocycles. The topological polar surface area (TPSA) is 79.8 Å². The lowest BCUT2D eigenvalue weighted by atomic mass is 9.78. The van der Waals surface area contributed by atoms with Gasteiger partial charge in [0.25, 0.3) is 0 Å². The Labute approximate surface area is 157 Å². The van der Waals surface area contributed by atoms with Crippen molar-refractivity contribution in [3.8, 4) is 0 Å². The molecule has 3 atom stereocenters. The van der Waals surface area contributed by atoms with Gasteiger partial charge in [-0.25, -0.2) is 9.89 Å². The van der Waals surface area contributed by atoms with Crippen molar-refractivity contribution < 1.29 is 4.79 Å². The molecule has 1 amide bonds. The van der Waals surface area contributed by atoms with Crippen LogP contribution in [0.2, 0.25) is 0 Å². The third-order valence-electron chi connectivity index (χ3n) is 5.29. The van der Waals surface area contributed by atoms with Crippen molar-refractivity contribution >= 4 is 17.7 Å². The van der Waals surface area contributed by atoms with E-state index >= 15 is 0 Å². The minimum atomic E-state index is -0.258.